The third-order valence-corrected chi connectivity index (χ3v) is 2.65. The maximum atomic E-state index is 8.76. The smallest absolute Gasteiger partial charge is 1.00 e. The zero-order valence-electron chi connectivity index (χ0n) is 10.7. The molecule has 0 bridgehead atoms. The van der Waals surface area contributed by atoms with E-state index < -0.39 is 0 Å². The van der Waals surface area contributed by atoms with Crippen molar-refractivity contribution in [1.29, 1.82) is 5.39 Å². The number of anilines is 1. The Kier molecular flexibility index (Phi) is 11.1. The number of hydrogen-bond acceptors (Lipinski definition) is 4. The molecule has 1 aliphatic rings. The van der Waals surface area contributed by atoms with E-state index in [9.17, 15) is 0 Å². The third kappa shape index (κ3) is 5.12. The first-order valence-electron chi connectivity index (χ1n) is 5.21. The molecule has 0 atom stereocenters. The molecule has 0 saturated carbocycles. The molecule has 19 heavy (non-hydrogen) atoms. The predicted molar refractivity (Wildman–Crippen MR) is 60.8 cm³/mol. The maximum Gasteiger partial charge on any atom is 1.00 e. The number of ether oxygens (including phenoxy) is 2. The van der Waals surface area contributed by atoms with Crippen LogP contribution in [0.1, 0.15) is 0 Å². The summed E-state index contributed by atoms with van der Waals surface area (Å²) < 4.78 is 10.4. The Balaban J connectivity index is 0. The van der Waals surface area contributed by atoms with E-state index in [1.807, 2.05) is 12.1 Å². The first-order chi connectivity index (χ1) is 7.85. The zero-order chi connectivity index (χ0) is 11.4. The second-order valence-electron chi connectivity index (χ2n) is 3.56. The van der Waals surface area contributed by atoms with Crippen LogP contribution in [0.25, 0.3) is 4.98 Å². The van der Waals surface area contributed by atoms with E-state index in [-0.39, 0.29) is 44.3 Å². The van der Waals surface area contributed by atoms with Gasteiger partial charge in [0.25, 0.3) is 0 Å². The molecule has 2 rings (SSSR count). The van der Waals surface area contributed by atoms with Crippen LogP contribution < -0.4 is 34.5 Å². The normalized spacial score (nSPS) is 13.2. The second kappa shape index (κ2) is 10.2. The van der Waals surface area contributed by atoms with Crippen molar-refractivity contribution in [2.75, 3.05) is 38.3 Å². The van der Waals surface area contributed by atoms with Crippen LogP contribution in [-0.2, 0) is 24.2 Å². The van der Waals surface area contributed by atoms with Gasteiger partial charge in [0.15, 0.2) is 4.98 Å². The van der Waals surface area contributed by atoms with Gasteiger partial charge < -0.3 is 39.2 Å². The molecule has 1 radical (unpaired) electrons. The summed E-state index contributed by atoms with van der Waals surface area (Å²) in [5.41, 5.74) is 1.51. The van der Waals surface area contributed by atoms with E-state index in [2.05, 4.69) is 9.88 Å². The Morgan fingerprint density at radius 1 is 1.26 bits per heavy atom. The van der Waals surface area contributed by atoms with Crippen molar-refractivity contribution in [2.45, 2.75) is 0 Å². The van der Waals surface area contributed by atoms with Crippen molar-refractivity contribution in [3.8, 4) is 5.75 Å². The molecule has 1 fully saturated rings. The van der Waals surface area contributed by atoms with Crippen molar-refractivity contribution in [2.24, 2.45) is 0 Å². The van der Waals surface area contributed by atoms with Gasteiger partial charge in [0, 0.05) is 30.9 Å². The van der Waals surface area contributed by atoms with Crippen LogP contribution in [-0.4, -0.2) is 33.4 Å². The molecule has 0 amide bonds. The molecular weight excluding hydrogens is 342 g/mol. The van der Waals surface area contributed by atoms with Gasteiger partial charge in [-0.1, -0.05) is 0 Å². The summed E-state index contributed by atoms with van der Waals surface area (Å²) in [5, 5.41) is 8.76. The molecule has 0 N–H and O–H groups in total. The summed E-state index contributed by atoms with van der Waals surface area (Å²) >= 11 is 0. The summed E-state index contributed by atoms with van der Waals surface area (Å²) in [6, 6.07) is 5.53. The van der Waals surface area contributed by atoms with Crippen LogP contribution in [0.5, 0.6) is 5.75 Å². The summed E-state index contributed by atoms with van der Waals surface area (Å²) in [7, 11) is 1.56. The van der Waals surface area contributed by atoms with Crippen molar-refractivity contribution in [1.82, 2.24) is 0 Å². The second-order valence-corrected chi connectivity index (χ2v) is 3.56. The van der Waals surface area contributed by atoms with Crippen LogP contribution in [0.15, 0.2) is 18.2 Å². The van der Waals surface area contributed by atoms with Crippen molar-refractivity contribution in [3.63, 3.8) is 0 Å². The molecule has 1 aromatic carbocycles. The number of halogens is 2. The Morgan fingerprint density at radius 3 is 2.42 bits per heavy atom. The average Bonchev–Trinajstić information content (AvgIpc) is 2.39. The van der Waals surface area contributed by atoms with Gasteiger partial charge in [-0.15, -0.1) is 0 Å². The number of hydrogen-bond donors (Lipinski definition) is 0. The minimum Gasteiger partial charge on any atom is -1.00 e. The molecule has 8 heteroatoms. The number of benzene rings is 1. The van der Waals surface area contributed by atoms with Crippen molar-refractivity contribution >= 4 is 11.4 Å². The van der Waals surface area contributed by atoms with E-state index >= 15 is 0 Å². The Hall–Kier alpha value is -0.597. The van der Waals surface area contributed by atoms with Gasteiger partial charge >= 0.3 is 25.2 Å². The summed E-state index contributed by atoms with van der Waals surface area (Å²) in [5.74, 6) is 0.575. The molecule has 0 spiro atoms. The Bertz CT molecular complexity index is 423. The van der Waals surface area contributed by atoms with E-state index in [4.69, 9.17) is 14.9 Å². The van der Waals surface area contributed by atoms with E-state index in [1.165, 1.54) is 0 Å². The number of rotatable bonds is 2. The first-order valence-corrected chi connectivity index (χ1v) is 5.21. The van der Waals surface area contributed by atoms with Gasteiger partial charge in [0.2, 0.25) is 11.1 Å². The molecule has 1 aliphatic heterocycles. The quantitative estimate of drug-likeness (QED) is 0.401. The molecule has 1 heterocycles. The van der Waals surface area contributed by atoms with Crippen molar-refractivity contribution < 1.29 is 53.8 Å². The minimum atomic E-state index is 0. The molecule has 1 aromatic rings. The average molecular weight is 357 g/mol. The van der Waals surface area contributed by atoms with Gasteiger partial charge in [-0.3, -0.25) is 0 Å². The molecule has 0 aliphatic carbocycles. The molecule has 0 unspecified atom stereocenters. The van der Waals surface area contributed by atoms with Gasteiger partial charge in [0.05, 0.1) is 20.3 Å². The SMILES string of the molecule is COc1cc(N2CCOCC2)ccc1[N+]#N.[Cl-].[Cl-].[Zn+]. The molecule has 5 nitrogen and oxygen atoms in total. The standard InChI is InChI=1S/C11H14N3O2.2ClH.Zn/c1-15-11-8-9(2-3-10(11)13-12)14-4-6-16-7-5-14;;;/h2-3,8H,4-7H2,1H3;2*1H;/q+1;;;+1/p-2. The van der Waals surface area contributed by atoms with Gasteiger partial charge in [-0.05, 0) is 6.07 Å². The van der Waals surface area contributed by atoms with Crippen LogP contribution in [0.3, 0.4) is 0 Å². The molecule has 101 valence electrons. The minimum absolute atomic E-state index is 0. The summed E-state index contributed by atoms with van der Waals surface area (Å²) in [4.78, 5) is 5.37. The van der Waals surface area contributed by atoms with Crippen LogP contribution in [0, 0.1) is 5.39 Å². The number of methoxy groups -OCH3 is 1. The largest absolute Gasteiger partial charge is 1.00 e. The fraction of sp³-hybridized carbons (Fsp3) is 0.455. The van der Waals surface area contributed by atoms with E-state index in [0.29, 0.717) is 11.4 Å². The number of nitrogens with zero attached hydrogens (tertiary/aromatic N) is 3. The third-order valence-electron chi connectivity index (χ3n) is 2.65. The molecular formula is C11H14Cl2N3O2Zn. The zero-order valence-corrected chi connectivity index (χ0v) is 15.2. The topological polar surface area (TPSA) is 49.9 Å². The fourth-order valence-corrected chi connectivity index (χ4v) is 1.77. The molecule has 1 saturated heterocycles. The predicted octanol–water partition coefficient (Wildman–Crippen LogP) is -3.98. The Labute approximate surface area is 137 Å². The summed E-state index contributed by atoms with van der Waals surface area (Å²) in [6.45, 7) is 3.24. The number of diazo groups is 1. The van der Waals surface area contributed by atoms with Crippen molar-refractivity contribution in [3.05, 3.63) is 23.2 Å². The van der Waals surface area contributed by atoms with Crippen LogP contribution in [0.4, 0.5) is 11.4 Å². The fourth-order valence-electron chi connectivity index (χ4n) is 1.77. The van der Waals surface area contributed by atoms with Gasteiger partial charge in [-0.2, -0.15) is 0 Å². The first kappa shape index (κ1) is 20.7. The maximum absolute atomic E-state index is 8.76. The van der Waals surface area contributed by atoms with Gasteiger partial charge in [-0.25, -0.2) is 0 Å². The Morgan fingerprint density at radius 2 is 1.89 bits per heavy atom. The summed E-state index contributed by atoms with van der Waals surface area (Å²) in [6.07, 6.45) is 0. The number of morpholine rings is 1. The monoisotopic (exact) mass is 354 g/mol. The van der Waals surface area contributed by atoms with E-state index in [1.54, 1.807) is 13.2 Å². The molecule has 0 aromatic heterocycles. The van der Waals surface area contributed by atoms with Gasteiger partial charge in [0.1, 0.15) is 0 Å². The van der Waals surface area contributed by atoms with Crippen LogP contribution in [0.2, 0.25) is 0 Å². The van der Waals surface area contributed by atoms with Crippen LogP contribution >= 0.6 is 0 Å². The van der Waals surface area contributed by atoms with E-state index in [0.717, 1.165) is 32.0 Å².